The van der Waals surface area contributed by atoms with E-state index in [4.69, 9.17) is 0 Å². The molecule has 0 saturated carbocycles. The summed E-state index contributed by atoms with van der Waals surface area (Å²) in [5, 5.41) is 3.67. The van der Waals surface area contributed by atoms with Gasteiger partial charge in [0.1, 0.15) is 5.65 Å². The summed E-state index contributed by atoms with van der Waals surface area (Å²) in [5.41, 5.74) is 4.56. The fraction of sp³-hybridized carbons (Fsp3) is 0.143. The van der Waals surface area contributed by atoms with E-state index in [0.29, 0.717) is 0 Å². The number of nitrogens with zero attached hydrogens (tertiary/aromatic N) is 3. The van der Waals surface area contributed by atoms with Crippen LogP contribution in [0.1, 0.15) is 22.9 Å². The molecule has 0 radical (unpaired) electrons. The highest BCUT2D eigenvalue weighted by atomic mass is 15.0. The fourth-order valence-corrected chi connectivity index (χ4v) is 3.08. The SMILES string of the molecule is c1ccc([C@@H](NCCc2cn3ccccc3n2)c2ccncc2)cc1. The van der Waals surface area contributed by atoms with Gasteiger partial charge in [0.25, 0.3) is 0 Å². The van der Waals surface area contributed by atoms with Crippen molar-refractivity contribution in [1.82, 2.24) is 19.7 Å². The highest BCUT2D eigenvalue weighted by Gasteiger charge is 2.13. The second kappa shape index (κ2) is 7.28. The lowest BCUT2D eigenvalue weighted by atomic mass is 9.99. The second-order valence-corrected chi connectivity index (χ2v) is 6.03. The zero-order valence-corrected chi connectivity index (χ0v) is 13.9. The number of imidazole rings is 1. The molecule has 0 fully saturated rings. The van der Waals surface area contributed by atoms with Crippen LogP contribution in [0, 0.1) is 0 Å². The van der Waals surface area contributed by atoms with E-state index in [1.807, 2.05) is 42.9 Å². The molecule has 3 heterocycles. The van der Waals surface area contributed by atoms with Crippen molar-refractivity contribution in [3.63, 3.8) is 0 Å². The van der Waals surface area contributed by atoms with E-state index in [0.717, 1.165) is 24.3 Å². The molecule has 1 atom stereocenters. The number of benzene rings is 1. The average molecular weight is 328 g/mol. The maximum absolute atomic E-state index is 4.67. The second-order valence-electron chi connectivity index (χ2n) is 6.03. The van der Waals surface area contributed by atoms with Crippen LogP contribution in [0.25, 0.3) is 5.65 Å². The molecule has 0 bridgehead atoms. The van der Waals surface area contributed by atoms with Crippen molar-refractivity contribution in [3.05, 3.63) is 102 Å². The number of pyridine rings is 2. The molecular formula is C21H20N4. The summed E-state index contributed by atoms with van der Waals surface area (Å²) >= 11 is 0. The maximum Gasteiger partial charge on any atom is 0.136 e. The quantitative estimate of drug-likeness (QED) is 0.587. The topological polar surface area (TPSA) is 42.2 Å². The predicted octanol–water partition coefficient (Wildman–Crippen LogP) is 3.65. The van der Waals surface area contributed by atoms with Crippen molar-refractivity contribution in [1.29, 1.82) is 0 Å². The Labute approximate surface area is 147 Å². The first-order valence-electron chi connectivity index (χ1n) is 8.51. The van der Waals surface area contributed by atoms with Gasteiger partial charge in [0.2, 0.25) is 0 Å². The number of hydrogen-bond donors (Lipinski definition) is 1. The zero-order chi connectivity index (χ0) is 16.9. The van der Waals surface area contributed by atoms with E-state index in [1.54, 1.807) is 0 Å². The molecule has 0 amide bonds. The Morgan fingerprint density at radius 2 is 1.64 bits per heavy atom. The lowest BCUT2D eigenvalue weighted by Crippen LogP contribution is -2.24. The lowest BCUT2D eigenvalue weighted by Gasteiger charge is -2.19. The van der Waals surface area contributed by atoms with Crippen LogP contribution >= 0.6 is 0 Å². The molecule has 4 heteroatoms. The summed E-state index contributed by atoms with van der Waals surface area (Å²) in [7, 11) is 0. The Bertz CT molecular complexity index is 859. The van der Waals surface area contributed by atoms with Crippen LogP contribution < -0.4 is 5.32 Å². The Balaban J connectivity index is 1.49. The smallest absolute Gasteiger partial charge is 0.136 e. The molecule has 0 aliphatic carbocycles. The highest BCUT2D eigenvalue weighted by molar-refractivity contribution is 5.39. The lowest BCUT2D eigenvalue weighted by molar-refractivity contribution is 0.602. The van der Waals surface area contributed by atoms with E-state index in [2.05, 4.69) is 62.3 Å². The molecule has 0 unspecified atom stereocenters. The van der Waals surface area contributed by atoms with Crippen molar-refractivity contribution >= 4 is 5.65 Å². The molecule has 0 spiro atoms. The zero-order valence-electron chi connectivity index (χ0n) is 13.9. The first kappa shape index (κ1) is 15.5. The van der Waals surface area contributed by atoms with Crippen LogP contribution in [0.5, 0.6) is 0 Å². The Morgan fingerprint density at radius 3 is 2.44 bits per heavy atom. The first-order chi connectivity index (χ1) is 12.4. The minimum absolute atomic E-state index is 0.154. The minimum Gasteiger partial charge on any atom is -0.307 e. The molecule has 25 heavy (non-hydrogen) atoms. The monoisotopic (exact) mass is 328 g/mol. The van der Waals surface area contributed by atoms with Gasteiger partial charge < -0.3 is 9.72 Å². The predicted molar refractivity (Wildman–Crippen MR) is 99.4 cm³/mol. The fourth-order valence-electron chi connectivity index (χ4n) is 3.08. The van der Waals surface area contributed by atoms with Crippen molar-refractivity contribution in [2.75, 3.05) is 6.54 Å². The van der Waals surface area contributed by atoms with Crippen molar-refractivity contribution in [2.24, 2.45) is 0 Å². The van der Waals surface area contributed by atoms with Gasteiger partial charge in [-0.15, -0.1) is 0 Å². The third kappa shape index (κ3) is 3.59. The Kier molecular flexibility index (Phi) is 4.53. The summed E-state index contributed by atoms with van der Waals surface area (Å²) in [6.45, 7) is 0.853. The van der Waals surface area contributed by atoms with Crippen LogP contribution in [0.3, 0.4) is 0 Å². The van der Waals surface area contributed by atoms with Crippen LogP contribution in [0.15, 0.2) is 85.5 Å². The van der Waals surface area contributed by atoms with E-state index in [-0.39, 0.29) is 6.04 Å². The van der Waals surface area contributed by atoms with Crippen LogP contribution in [-0.2, 0) is 6.42 Å². The molecule has 4 rings (SSSR count). The van der Waals surface area contributed by atoms with E-state index in [1.165, 1.54) is 11.1 Å². The molecular weight excluding hydrogens is 308 g/mol. The minimum atomic E-state index is 0.154. The highest BCUT2D eigenvalue weighted by Crippen LogP contribution is 2.21. The first-order valence-corrected chi connectivity index (χ1v) is 8.51. The normalized spacial score (nSPS) is 12.3. The number of nitrogens with one attached hydrogen (secondary N) is 1. The molecule has 3 aromatic heterocycles. The maximum atomic E-state index is 4.67. The van der Waals surface area contributed by atoms with Gasteiger partial charge in [-0.05, 0) is 35.4 Å². The van der Waals surface area contributed by atoms with Crippen LogP contribution in [0.4, 0.5) is 0 Å². The average Bonchev–Trinajstić information content (AvgIpc) is 3.09. The summed E-state index contributed by atoms with van der Waals surface area (Å²) in [6.07, 6.45) is 8.70. The summed E-state index contributed by atoms with van der Waals surface area (Å²) < 4.78 is 2.06. The molecule has 0 saturated heterocycles. The number of hydrogen-bond acceptors (Lipinski definition) is 3. The van der Waals surface area contributed by atoms with Crippen LogP contribution in [-0.4, -0.2) is 20.9 Å². The number of fused-ring (bicyclic) bond motifs is 1. The molecule has 124 valence electrons. The standard InChI is InChI=1S/C21H20N4/c1-2-6-17(7-3-1)21(18-9-12-22-13-10-18)23-14-11-19-16-25-15-5-4-8-20(25)24-19/h1-10,12-13,15-16,21,23H,11,14H2/t21-/m1/s1. The van der Waals surface area contributed by atoms with Crippen molar-refractivity contribution < 1.29 is 0 Å². The molecule has 0 aliphatic heterocycles. The number of aromatic nitrogens is 3. The van der Waals surface area contributed by atoms with E-state index >= 15 is 0 Å². The summed E-state index contributed by atoms with van der Waals surface area (Å²) in [6, 6.07) is 20.9. The number of rotatable bonds is 6. The van der Waals surface area contributed by atoms with Gasteiger partial charge in [-0.3, -0.25) is 4.98 Å². The van der Waals surface area contributed by atoms with Gasteiger partial charge in [-0.2, -0.15) is 0 Å². The Morgan fingerprint density at radius 1 is 0.880 bits per heavy atom. The van der Waals surface area contributed by atoms with Crippen molar-refractivity contribution in [3.8, 4) is 0 Å². The molecule has 4 aromatic rings. The van der Waals surface area contributed by atoms with Gasteiger partial charge in [-0.25, -0.2) is 4.98 Å². The molecule has 1 N–H and O–H groups in total. The van der Waals surface area contributed by atoms with Gasteiger partial charge >= 0.3 is 0 Å². The van der Waals surface area contributed by atoms with Gasteiger partial charge in [0, 0.05) is 37.8 Å². The molecule has 4 nitrogen and oxygen atoms in total. The molecule has 0 aliphatic rings. The molecule has 1 aromatic carbocycles. The Hall–Kier alpha value is -2.98. The van der Waals surface area contributed by atoms with Crippen molar-refractivity contribution in [2.45, 2.75) is 12.5 Å². The van der Waals surface area contributed by atoms with E-state index in [9.17, 15) is 0 Å². The summed E-state index contributed by atoms with van der Waals surface area (Å²) in [5.74, 6) is 0. The van der Waals surface area contributed by atoms with Gasteiger partial charge in [0.15, 0.2) is 0 Å². The third-order valence-electron chi connectivity index (χ3n) is 4.32. The van der Waals surface area contributed by atoms with Crippen LogP contribution in [0.2, 0.25) is 0 Å². The van der Waals surface area contributed by atoms with Gasteiger partial charge in [-0.1, -0.05) is 36.4 Å². The van der Waals surface area contributed by atoms with Gasteiger partial charge in [0.05, 0.1) is 11.7 Å². The summed E-state index contributed by atoms with van der Waals surface area (Å²) in [4.78, 5) is 8.80. The largest absolute Gasteiger partial charge is 0.307 e. The van der Waals surface area contributed by atoms with E-state index < -0.39 is 0 Å². The third-order valence-corrected chi connectivity index (χ3v) is 4.32.